The third kappa shape index (κ3) is 5.36. The number of aromatic nitrogens is 1. The Morgan fingerprint density at radius 1 is 1.23 bits per heavy atom. The number of ether oxygens (including phenoxy) is 1. The lowest BCUT2D eigenvalue weighted by Gasteiger charge is -2.11. The number of cyclic esters (lactones) is 1. The Morgan fingerprint density at radius 3 is 2.67 bits per heavy atom. The van der Waals surface area contributed by atoms with E-state index in [0.717, 1.165) is 38.5 Å². The Labute approximate surface area is 178 Å². The number of alkyl carbamates (subject to hydrolysis) is 1. The van der Waals surface area contributed by atoms with Crippen LogP contribution in [0.2, 0.25) is 0 Å². The Kier molecular flexibility index (Phi) is 7.41. The third-order valence-electron chi connectivity index (χ3n) is 4.40. The largest absolute Gasteiger partial charge is 0.491 e. The standard InChI is InChI=1S/C21H17FN2O2S.HO2P/c1-2-14-9-10-26-21(25)24-17(14)11-13-3-5-15(6-4-13)20-23-18-12-16(22)7-8-19(18)27-20;1-3-2/h3-10,12H,2,11H2,1H3,(H,24,25);3H/p+1. The Hall–Kier alpha value is -2.93. The van der Waals surface area contributed by atoms with Gasteiger partial charge in [-0.3, -0.25) is 5.32 Å². The van der Waals surface area contributed by atoms with Crippen molar-refractivity contribution in [3.05, 3.63) is 77.5 Å². The highest BCUT2D eigenvalue weighted by molar-refractivity contribution is 7.21. The average molecular weight is 445 g/mol. The molecule has 6 nitrogen and oxygen atoms in total. The van der Waals surface area contributed by atoms with Gasteiger partial charge in [-0.1, -0.05) is 31.2 Å². The molecule has 1 amide bonds. The predicted molar refractivity (Wildman–Crippen MR) is 116 cm³/mol. The number of allylic oxidation sites excluding steroid dienone is 3. The molecule has 2 N–H and O–H groups in total. The monoisotopic (exact) mass is 445 g/mol. The number of hydrogen-bond donors (Lipinski definition) is 2. The van der Waals surface area contributed by atoms with Crippen LogP contribution in [0.25, 0.3) is 20.8 Å². The summed E-state index contributed by atoms with van der Waals surface area (Å²) in [7, 11) is -1.17. The minimum atomic E-state index is -1.17. The number of hydrogen-bond acceptors (Lipinski definition) is 5. The van der Waals surface area contributed by atoms with E-state index in [0.29, 0.717) is 11.9 Å². The molecule has 0 saturated carbocycles. The predicted octanol–water partition coefficient (Wildman–Crippen LogP) is 5.48. The van der Waals surface area contributed by atoms with Crippen LogP contribution in [0, 0.1) is 5.82 Å². The quantitative estimate of drug-likeness (QED) is 0.519. The molecule has 1 aliphatic rings. The van der Waals surface area contributed by atoms with Crippen molar-refractivity contribution >= 4 is 36.3 Å². The van der Waals surface area contributed by atoms with Crippen LogP contribution in [0.3, 0.4) is 0 Å². The second kappa shape index (κ2) is 10.2. The average Bonchev–Trinajstić information content (AvgIpc) is 3.06. The van der Waals surface area contributed by atoms with E-state index in [9.17, 15) is 9.18 Å². The van der Waals surface area contributed by atoms with Crippen molar-refractivity contribution < 1.29 is 23.4 Å². The summed E-state index contributed by atoms with van der Waals surface area (Å²) in [4.78, 5) is 23.2. The highest BCUT2D eigenvalue weighted by atomic mass is 32.1. The molecule has 30 heavy (non-hydrogen) atoms. The second-order valence-corrected chi connectivity index (χ2v) is 7.50. The maximum atomic E-state index is 13.4. The van der Waals surface area contributed by atoms with Crippen LogP contribution in [0.15, 0.2) is 66.1 Å². The number of fused-ring (bicyclic) bond motifs is 1. The molecule has 0 aliphatic carbocycles. The lowest BCUT2D eigenvalue weighted by molar-refractivity contribution is 0.189. The van der Waals surface area contributed by atoms with Gasteiger partial charge >= 0.3 is 14.8 Å². The fourth-order valence-electron chi connectivity index (χ4n) is 2.99. The zero-order valence-electron chi connectivity index (χ0n) is 16.0. The van der Waals surface area contributed by atoms with Gasteiger partial charge in [-0.05, 0) is 40.3 Å². The summed E-state index contributed by atoms with van der Waals surface area (Å²) < 4.78 is 27.7. The van der Waals surface area contributed by atoms with Gasteiger partial charge in [-0.2, -0.15) is 4.89 Å². The zero-order valence-corrected chi connectivity index (χ0v) is 17.8. The number of nitrogens with zero attached hydrogens (tertiary/aromatic N) is 1. The molecule has 0 fully saturated rings. The minimum absolute atomic E-state index is 0.279. The molecule has 2 aromatic carbocycles. The summed E-state index contributed by atoms with van der Waals surface area (Å²) in [6, 6.07) is 12.7. The fourth-order valence-corrected chi connectivity index (χ4v) is 3.95. The van der Waals surface area contributed by atoms with Crippen LogP contribution < -0.4 is 5.32 Å². The molecule has 3 aromatic rings. The number of amides is 1. The highest BCUT2D eigenvalue weighted by Gasteiger charge is 2.13. The van der Waals surface area contributed by atoms with E-state index in [4.69, 9.17) is 14.2 Å². The number of halogens is 1. The van der Waals surface area contributed by atoms with E-state index >= 15 is 0 Å². The molecule has 1 aliphatic heterocycles. The Bertz CT molecular complexity index is 1130. The first-order valence-electron chi connectivity index (χ1n) is 9.07. The van der Waals surface area contributed by atoms with Crippen LogP contribution in [-0.2, 0) is 15.7 Å². The molecule has 2 heterocycles. The molecule has 1 unspecified atom stereocenters. The van der Waals surface area contributed by atoms with Gasteiger partial charge in [0.15, 0.2) is 0 Å². The van der Waals surface area contributed by atoms with Crippen molar-refractivity contribution in [1.82, 2.24) is 10.3 Å². The van der Waals surface area contributed by atoms with Crippen molar-refractivity contribution in [3.63, 3.8) is 0 Å². The molecule has 1 aromatic heterocycles. The van der Waals surface area contributed by atoms with Crippen molar-refractivity contribution in [2.75, 3.05) is 0 Å². The minimum Gasteiger partial charge on any atom is -0.418 e. The SMILES string of the molecule is CCC1=C(Cc2ccc(-c3nc4cc(F)ccc4s3)cc2)NC(=O)OC=C1.O=[PH+]O. The van der Waals surface area contributed by atoms with E-state index in [1.807, 2.05) is 37.3 Å². The van der Waals surface area contributed by atoms with Crippen LogP contribution in [0.5, 0.6) is 0 Å². The van der Waals surface area contributed by atoms with Gasteiger partial charge in [0.2, 0.25) is 0 Å². The van der Waals surface area contributed by atoms with Gasteiger partial charge in [-0.15, -0.1) is 11.3 Å². The van der Waals surface area contributed by atoms with Gasteiger partial charge in [0, 0.05) is 23.7 Å². The summed E-state index contributed by atoms with van der Waals surface area (Å²) in [5, 5.41) is 3.66. The van der Waals surface area contributed by atoms with E-state index in [1.54, 1.807) is 6.07 Å². The first kappa shape index (κ1) is 21.8. The molecule has 4 rings (SSSR count). The number of nitrogens with one attached hydrogen (secondary N) is 1. The third-order valence-corrected chi connectivity index (χ3v) is 5.48. The molecular formula is C21H19FN2O4PS+. The molecule has 0 bridgehead atoms. The maximum Gasteiger partial charge on any atom is 0.491 e. The van der Waals surface area contributed by atoms with Gasteiger partial charge in [0.05, 0.1) is 16.5 Å². The summed E-state index contributed by atoms with van der Waals surface area (Å²) >= 11 is 1.54. The summed E-state index contributed by atoms with van der Waals surface area (Å²) in [5.41, 5.74) is 4.61. The lowest BCUT2D eigenvalue weighted by Crippen LogP contribution is -2.23. The second-order valence-electron chi connectivity index (χ2n) is 6.29. The summed E-state index contributed by atoms with van der Waals surface area (Å²) in [5.74, 6) is -0.279. The summed E-state index contributed by atoms with van der Waals surface area (Å²) in [6.07, 6.45) is 4.18. The zero-order chi connectivity index (χ0) is 21.5. The number of carbonyl (C=O) groups excluding carboxylic acids is 1. The van der Waals surface area contributed by atoms with Crippen LogP contribution in [0.4, 0.5) is 9.18 Å². The smallest absolute Gasteiger partial charge is 0.418 e. The number of carbonyl (C=O) groups is 1. The highest BCUT2D eigenvalue weighted by Crippen LogP contribution is 2.31. The van der Waals surface area contributed by atoms with Crippen molar-refractivity contribution in [2.45, 2.75) is 19.8 Å². The van der Waals surface area contributed by atoms with Crippen LogP contribution in [-0.4, -0.2) is 16.0 Å². The number of rotatable bonds is 4. The van der Waals surface area contributed by atoms with Gasteiger partial charge < -0.3 is 4.74 Å². The lowest BCUT2D eigenvalue weighted by atomic mass is 10.0. The topological polar surface area (TPSA) is 88.5 Å². The number of thiazole rings is 1. The van der Waals surface area contributed by atoms with Crippen molar-refractivity contribution in [1.29, 1.82) is 0 Å². The molecule has 0 saturated heterocycles. The van der Waals surface area contributed by atoms with E-state index in [1.165, 1.54) is 29.7 Å². The normalized spacial score (nSPS) is 13.5. The van der Waals surface area contributed by atoms with E-state index in [-0.39, 0.29) is 5.82 Å². The number of benzene rings is 2. The molecule has 0 spiro atoms. The van der Waals surface area contributed by atoms with E-state index < -0.39 is 14.8 Å². The van der Waals surface area contributed by atoms with E-state index in [2.05, 4.69) is 10.3 Å². The van der Waals surface area contributed by atoms with Crippen molar-refractivity contribution in [2.24, 2.45) is 0 Å². The summed E-state index contributed by atoms with van der Waals surface area (Å²) in [6.45, 7) is 2.04. The Morgan fingerprint density at radius 2 is 1.97 bits per heavy atom. The fraction of sp³-hybridized carbons (Fsp3) is 0.143. The molecule has 1 atom stereocenters. The van der Waals surface area contributed by atoms with Crippen LogP contribution in [0.1, 0.15) is 18.9 Å². The molecule has 154 valence electrons. The Balaban J connectivity index is 0.000000806. The molecule has 0 radical (unpaired) electrons. The van der Waals surface area contributed by atoms with Crippen molar-refractivity contribution in [3.8, 4) is 10.6 Å². The molecule has 9 heteroatoms. The molecular weight excluding hydrogens is 426 g/mol. The van der Waals surface area contributed by atoms with Crippen LogP contribution >= 0.6 is 20.0 Å². The first-order valence-corrected chi connectivity index (χ1v) is 10.7. The van der Waals surface area contributed by atoms with Gasteiger partial charge in [-0.25, -0.2) is 14.2 Å². The maximum absolute atomic E-state index is 13.4. The first-order chi connectivity index (χ1) is 14.5. The van der Waals surface area contributed by atoms with Gasteiger partial charge in [0.1, 0.15) is 10.8 Å². The van der Waals surface area contributed by atoms with Gasteiger partial charge in [0.25, 0.3) is 0 Å².